The molecule has 0 bridgehead atoms. The van der Waals surface area contributed by atoms with Crippen LogP contribution in [0.1, 0.15) is 29.3 Å². The number of benzene rings is 1. The highest BCUT2D eigenvalue weighted by molar-refractivity contribution is 5.96. The van der Waals surface area contributed by atoms with E-state index in [1.165, 1.54) is 0 Å². The fourth-order valence-electron chi connectivity index (χ4n) is 3.47. The van der Waals surface area contributed by atoms with Gasteiger partial charge in [0.15, 0.2) is 0 Å². The lowest BCUT2D eigenvalue weighted by molar-refractivity contribution is -0.0559. The van der Waals surface area contributed by atoms with Crippen molar-refractivity contribution in [2.24, 2.45) is 0 Å². The van der Waals surface area contributed by atoms with Gasteiger partial charge in [0.2, 0.25) is 0 Å². The van der Waals surface area contributed by atoms with E-state index < -0.39 is 0 Å². The van der Waals surface area contributed by atoms with Crippen LogP contribution in [0.25, 0.3) is 0 Å². The van der Waals surface area contributed by atoms with Gasteiger partial charge in [-0.2, -0.15) is 0 Å². The number of hydrogen-bond acceptors (Lipinski definition) is 4. The van der Waals surface area contributed by atoms with Gasteiger partial charge >= 0.3 is 0 Å². The summed E-state index contributed by atoms with van der Waals surface area (Å²) in [5, 5.41) is 0. The average Bonchev–Trinajstić information content (AvgIpc) is 2.96. The maximum absolute atomic E-state index is 13.1. The van der Waals surface area contributed by atoms with Gasteiger partial charge in [0.1, 0.15) is 0 Å². The van der Waals surface area contributed by atoms with Crippen molar-refractivity contribution in [3.63, 3.8) is 0 Å². The summed E-state index contributed by atoms with van der Waals surface area (Å²) in [6, 6.07) is 7.74. The third kappa shape index (κ3) is 3.27. The number of hydrogen-bond donors (Lipinski definition) is 0. The number of ether oxygens (including phenoxy) is 3. The highest BCUT2D eigenvalue weighted by atomic mass is 16.5. The highest BCUT2D eigenvalue weighted by Crippen LogP contribution is 2.34. The first-order valence-electron chi connectivity index (χ1n) is 8.31. The lowest BCUT2D eigenvalue weighted by atomic mass is 9.92. The van der Waals surface area contributed by atoms with Crippen molar-refractivity contribution in [1.29, 1.82) is 0 Å². The van der Waals surface area contributed by atoms with Gasteiger partial charge in [-0.3, -0.25) is 4.79 Å². The van der Waals surface area contributed by atoms with Gasteiger partial charge in [0.25, 0.3) is 5.91 Å². The second-order valence-corrected chi connectivity index (χ2v) is 6.35. The van der Waals surface area contributed by atoms with Crippen LogP contribution in [-0.4, -0.2) is 62.0 Å². The number of aryl methyl sites for hydroxylation is 1. The third-order valence-corrected chi connectivity index (χ3v) is 4.73. The Hall–Kier alpha value is -1.43. The molecule has 126 valence electrons. The average molecular weight is 319 g/mol. The summed E-state index contributed by atoms with van der Waals surface area (Å²) in [6.07, 6.45) is 0.800. The first-order chi connectivity index (χ1) is 11.2. The zero-order valence-electron chi connectivity index (χ0n) is 13.9. The highest BCUT2D eigenvalue weighted by Gasteiger charge is 2.49. The van der Waals surface area contributed by atoms with Crippen LogP contribution in [-0.2, 0) is 14.2 Å². The molecule has 0 unspecified atom stereocenters. The van der Waals surface area contributed by atoms with Crippen molar-refractivity contribution in [2.45, 2.75) is 31.9 Å². The van der Waals surface area contributed by atoms with Crippen molar-refractivity contribution in [1.82, 2.24) is 4.90 Å². The number of morpholine rings is 1. The van der Waals surface area contributed by atoms with Crippen LogP contribution in [0.2, 0.25) is 0 Å². The zero-order chi connectivity index (χ0) is 16.3. The predicted molar refractivity (Wildman–Crippen MR) is 86.6 cm³/mol. The second-order valence-electron chi connectivity index (χ2n) is 6.35. The topological polar surface area (TPSA) is 48.0 Å². The lowest BCUT2D eigenvalue weighted by Crippen LogP contribution is -2.60. The fraction of sp³-hybridized carbons (Fsp3) is 0.611. The molecule has 1 aromatic rings. The molecule has 2 fully saturated rings. The van der Waals surface area contributed by atoms with E-state index in [0.717, 1.165) is 17.5 Å². The van der Waals surface area contributed by atoms with Gasteiger partial charge in [-0.15, -0.1) is 0 Å². The Kier molecular flexibility index (Phi) is 4.99. The summed E-state index contributed by atoms with van der Waals surface area (Å²) in [5.74, 6) is 0.0760. The van der Waals surface area contributed by atoms with Crippen LogP contribution < -0.4 is 0 Å². The molecule has 0 radical (unpaired) electrons. The molecule has 2 atom stereocenters. The van der Waals surface area contributed by atoms with E-state index in [4.69, 9.17) is 14.2 Å². The Morgan fingerprint density at radius 1 is 1.39 bits per heavy atom. The van der Waals surface area contributed by atoms with Crippen molar-refractivity contribution in [3.05, 3.63) is 35.4 Å². The molecule has 2 saturated heterocycles. The van der Waals surface area contributed by atoms with E-state index in [1.54, 1.807) is 0 Å². The molecular weight excluding hydrogens is 294 g/mol. The number of amides is 1. The van der Waals surface area contributed by atoms with Crippen molar-refractivity contribution >= 4 is 5.91 Å². The number of nitrogens with zero attached hydrogens (tertiary/aromatic N) is 1. The van der Waals surface area contributed by atoms with Gasteiger partial charge in [-0.05, 0) is 25.5 Å². The van der Waals surface area contributed by atoms with Crippen LogP contribution in [0, 0.1) is 6.92 Å². The largest absolute Gasteiger partial charge is 0.379 e. The summed E-state index contributed by atoms with van der Waals surface area (Å²) in [6.45, 7) is 7.44. The second kappa shape index (κ2) is 6.99. The number of carbonyl (C=O) groups excluding carboxylic acids is 1. The van der Waals surface area contributed by atoms with Crippen LogP contribution in [0.3, 0.4) is 0 Å². The van der Waals surface area contributed by atoms with Gasteiger partial charge in [-0.25, -0.2) is 0 Å². The van der Waals surface area contributed by atoms with Crippen LogP contribution in [0.4, 0.5) is 0 Å². The van der Waals surface area contributed by atoms with Crippen LogP contribution in [0.5, 0.6) is 0 Å². The van der Waals surface area contributed by atoms with Gasteiger partial charge in [-0.1, -0.05) is 18.2 Å². The predicted octanol–water partition coefficient (Wildman–Crippen LogP) is 2.03. The van der Waals surface area contributed by atoms with Crippen molar-refractivity contribution in [3.8, 4) is 0 Å². The molecule has 1 amide bonds. The molecule has 5 nitrogen and oxygen atoms in total. The quantitative estimate of drug-likeness (QED) is 0.852. The summed E-state index contributed by atoms with van der Waals surface area (Å²) in [4.78, 5) is 15.0. The third-order valence-electron chi connectivity index (χ3n) is 4.73. The van der Waals surface area contributed by atoms with E-state index in [-0.39, 0.29) is 17.6 Å². The number of carbonyl (C=O) groups is 1. The lowest BCUT2D eigenvalue weighted by Gasteiger charge is -2.43. The molecule has 1 spiro atoms. The van der Waals surface area contributed by atoms with E-state index in [9.17, 15) is 4.79 Å². The van der Waals surface area contributed by atoms with E-state index in [0.29, 0.717) is 39.6 Å². The minimum Gasteiger partial charge on any atom is -0.379 e. The first kappa shape index (κ1) is 16.4. The van der Waals surface area contributed by atoms with Crippen molar-refractivity contribution in [2.75, 3.05) is 39.6 Å². The summed E-state index contributed by atoms with van der Waals surface area (Å²) >= 11 is 0. The molecular formula is C18H25NO4. The minimum absolute atomic E-state index is 0.0313. The smallest absolute Gasteiger partial charge is 0.254 e. The Morgan fingerprint density at radius 3 is 3.00 bits per heavy atom. The summed E-state index contributed by atoms with van der Waals surface area (Å²) in [5.41, 5.74) is 1.41. The normalized spacial score (nSPS) is 27.6. The Labute approximate surface area is 137 Å². The maximum Gasteiger partial charge on any atom is 0.254 e. The fourth-order valence-corrected chi connectivity index (χ4v) is 3.47. The molecule has 0 aromatic heterocycles. The van der Waals surface area contributed by atoms with Crippen LogP contribution in [0.15, 0.2) is 24.3 Å². The molecule has 3 rings (SSSR count). The minimum atomic E-state index is -0.362. The standard InChI is InChI=1S/C18H25NO4/c1-3-21-11-15-10-18(13-23-15)12-22-9-8-19(18)17(20)16-7-5-4-6-14(16)2/h4-7,15H,3,8-13H2,1-2H3/t15-,18+/m0/s1. The van der Waals surface area contributed by atoms with E-state index >= 15 is 0 Å². The Morgan fingerprint density at radius 2 is 2.22 bits per heavy atom. The monoisotopic (exact) mass is 319 g/mol. The van der Waals surface area contributed by atoms with Crippen LogP contribution >= 0.6 is 0 Å². The molecule has 23 heavy (non-hydrogen) atoms. The molecule has 2 aliphatic heterocycles. The molecule has 0 aliphatic carbocycles. The van der Waals surface area contributed by atoms with E-state index in [1.807, 2.05) is 43.0 Å². The summed E-state index contributed by atoms with van der Waals surface area (Å²) in [7, 11) is 0. The molecule has 0 N–H and O–H groups in total. The molecule has 2 aliphatic rings. The maximum atomic E-state index is 13.1. The molecule has 1 aromatic carbocycles. The molecule has 5 heteroatoms. The van der Waals surface area contributed by atoms with Gasteiger partial charge in [0, 0.05) is 25.1 Å². The SMILES string of the molecule is CCOC[C@@H]1C[C@@]2(COCCN2C(=O)c2ccccc2C)CO1. The summed E-state index contributed by atoms with van der Waals surface area (Å²) < 4.78 is 17.1. The number of rotatable bonds is 4. The zero-order valence-corrected chi connectivity index (χ0v) is 13.9. The van der Waals surface area contributed by atoms with Crippen molar-refractivity contribution < 1.29 is 19.0 Å². The first-order valence-corrected chi connectivity index (χ1v) is 8.31. The van der Waals surface area contributed by atoms with Gasteiger partial charge in [0.05, 0.1) is 38.1 Å². The molecule has 0 saturated carbocycles. The van der Waals surface area contributed by atoms with E-state index in [2.05, 4.69) is 0 Å². The molecule has 2 heterocycles. The Bertz CT molecular complexity index is 562. The Balaban J connectivity index is 1.80. The van der Waals surface area contributed by atoms with Gasteiger partial charge < -0.3 is 19.1 Å².